The van der Waals surface area contributed by atoms with Crippen LogP contribution in [0.3, 0.4) is 0 Å². The van der Waals surface area contributed by atoms with E-state index in [1.807, 2.05) is 43.5 Å². The fourth-order valence-corrected chi connectivity index (χ4v) is 3.14. The molecule has 5 nitrogen and oxygen atoms in total. The molecule has 0 spiro atoms. The highest BCUT2D eigenvalue weighted by molar-refractivity contribution is 6.11. The molecule has 2 aromatic rings. The molecule has 1 aliphatic rings. The van der Waals surface area contributed by atoms with Crippen LogP contribution in [0, 0.1) is 0 Å². The lowest BCUT2D eigenvalue weighted by Crippen LogP contribution is -2.08. The maximum atomic E-state index is 11.3. The number of methoxy groups -OCH3 is 1. The maximum Gasteiger partial charge on any atom is 0.335 e. The Morgan fingerprint density at radius 3 is 2.71 bits per heavy atom. The minimum atomic E-state index is -0.952. The summed E-state index contributed by atoms with van der Waals surface area (Å²) in [4.78, 5) is 15.8. The Labute approximate surface area is 164 Å². The first-order valence-electron chi connectivity index (χ1n) is 8.86. The second kappa shape index (κ2) is 8.39. The van der Waals surface area contributed by atoms with E-state index in [2.05, 4.69) is 16.9 Å². The van der Waals surface area contributed by atoms with Gasteiger partial charge in [-0.1, -0.05) is 43.0 Å². The van der Waals surface area contributed by atoms with Crippen molar-refractivity contribution in [2.24, 2.45) is 4.99 Å². The Balaban J connectivity index is 1.97. The van der Waals surface area contributed by atoms with Crippen molar-refractivity contribution in [3.05, 3.63) is 89.3 Å². The molecule has 0 aromatic heterocycles. The minimum absolute atomic E-state index is 0.247. The third kappa shape index (κ3) is 3.88. The van der Waals surface area contributed by atoms with E-state index in [1.54, 1.807) is 31.5 Å². The lowest BCUT2D eigenvalue weighted by atomic mass is 9.95. The summed E-state index contributed by atoms with van der Waals surface area (Å²) in [7, 11) is 3.45. The van der Waals surface area contributed by atoms with Crippen LogP contribution >= 0.6 is 0 Å². The van der Waals surface area contributed by atoms with Gasteiger partial charge in [-0.25, -0.2) is 9.79 Å². The predicted octanol–water partition coefficient (Wildman–Crippen LogP) is 4.40. The summed E-state index contributed by atoms with van der Waals surface area (Å²) < 4.78 is 5.47. The molecule has 0 saturated carbocycles. The lowest BCUT2D eigenvalue weighted by molar-refractivity contribution is 0.0697. The summed E-state index contributed by atoms with van der Waals surface area (Å²) in [6, 6.07) is 14.6. The van der Waals surface area contributed by atoms with E-state index in [1.165, 1.54) is 0 Å². The van der Waals surface area contributed by atoms with Crippen molar-refractivity contribution in [3.63, 3.8) is 0 Å². The van der Waals surface area contributed by atoms with Crippen LogP contribution in [-0.4, -0.2) is 31.4 Å². The van der Waals surface area contributed by atoms with E-state index >= 15 is 0 Å². The van der Waals surface area contributed by atoms with Gasteiger partial charge >= 0.3 is 5.97 Å². The van der Waals surface area contributed by atoms with E-state index in [0.29, 0.717) is 6.42 Å². The predicted molar refractivity (Wildman–Crippen MR) is 113 cm³/mol. The highest BCUT2D eigenvalue weighted by atomic mass is 16.5. The Hall–Kier alpha value is -3.60. The van der Waals surface area contributed by atoms with Gasteiger partial charge in [-0.2, -0.15) is 0 Å². The number of ether oxygens (including phenoxy) is 1. The van der Waals surface area contributed by atoms with Gasteiger partial charge in [-0.05, 0) is 41.3 Å². The first-order chi connectivity index (χ1) is 13.5. The van der Waals surface area contributed by atoms with E-state index in [9.17, 15) is 9.90 Å². The molecule has 3 rings (SSSR count). The van der Waals surface area contributed by atoms with Crippen molar-refractivity contribution in [1.82, 2.24) is 5.32 Å². The molecule has 5 heteroatoms. The number of para-hydroxylation sites is 1. The van der Waals surface area contributed by atoms with E-state index in [0.717, 1.165) is 39.4 Å². The molecule has 0 unspecified atom stereocenters. The largest absolute Gasteiger partial charge is 0.496 e. The summed E-state index contributed by atoms with van der Waals surface area (Å²) in [5, 5.41) is 12.4. The zero-order valence-corrected chi connectivity index (χ0v) is 15.9. The van der Waals surface area contributed by atoms with Crippen molar-refractivity contribution in [2.75, 3.05) is 14.2 Å². The van der Waals surface area contributed by atoms with Crippen LogP contribution in [0.4, 0.5) is 0 Å². The standard InChI is InChI=1S/C23H22N2O3/c1-15(19-9-4-5-10-21(19)28-3)20-12-11-18(14-25-22(20)24-2)16-7-6-8-17(13-16)23(26)27/h4-11,13-14,24H,1,12H2,2-3H3,(H,26,27). The average molecular weight is 374 g/mol. The second-order valence-corrected chi connectivity index (χ2v) is 6.26. The van der Waals surface area contributed by atoms with Crippen LogP contribution < -0.4 is 10.1 Å². The number of carboxylic acid groups (broad SMARTS) is 1. The zero-order chi connectivity index (χ0) is 20.1. The zero-order valence-electron chi connectivity index (χ0n) is 15.9. The molecule has 0 aliphatic carbocycles. The number of benzene rings is 2. The van der Waals surface area contributed by atoms with Crippen LogP contribution in [0.25, 0.3) is 11.1 Å². The van der Waals surface area contributed by atoms with Crippen molar-refractivity contribution in [1.29, 1.82) is 0 Å². The molecule has 0 atom stereocenters. The van der Waals surface area contributed by atoms with E-state index < -0.39 is 5.97 Å². The van der Waals surface area contributed by atoms with Crippen LogP contribution in [0.5, 0.6) is 5.75 Å². The number of aliphatic imine (C=N–C) groups is 1. The molecule has 0 bridgehead atoms. The summed E-state index contributed by atoms with van der Waals surface area (Å²) in [5.41, 5.74) is 4.61. The summed E-state index contributed by atoms with van der Waals surface area (Å²) in [6.45, 7) is 4.27. The smallest absolute Gasteiger partial charge is 0.335 e. The van der Waals surface area contributed by atoms with Crippen molar-refractivity contribution in [2.45, 2.75) is 6.42 Å². The number of carboxylic acids is 1. The number of aromatic carboxylic acids is 1. The molecule has 0 saturated heterocycles. The Morgan fingerprint density at radius 2 is 2.00 bits per heavy atom. The molecule has 0 radical (unpaired) electrons. The van der Waals surface area contributed by atoms with Gasteiger partial charge in [0.15, 0.2) is 0 Å². The molecule has 1 heterocycles. The number of nitrogens with one attached hydrogen (secondary N) is 1. The Morgan fingerprint density at radius 1 is 1.21 bits per heavy atom. The highest BCUT2D eigenvalue weighted by Gasteiger charge is 2.16. The molecule has 0 fully saturated rings. The maximum absolute atomic E-state index is 11.3. The number of rotatable bonds is 6. The molecule has 2 aromatic carbocycles. The molecular weight excluding hydrogens is 352 g/mol. The van der Waals surface area contributed by atoms with Crippen LogP contribution in [0.15, 0.2) is 77.6 Å². The third-order valence-corrected chi connectivity index (χ3v) is 4.62. The molecule has 0 amide bonds. The van der Waals surface area contributed by atoms with Crippen molar-refractivity contribution >= 4 is 23.3 Å². The number of carbonyl (C=O) groups is 1. The van der Waals surface area contributed by atoms with Gasteiger partial charge in [0, 0.05) is 24.4 Å². The Kier molecular flexibility index (Phi) is 5.75. The quantitative estimate of drug-likeness (QED) is 0.786. The fourth-order valence-electron chi connectivity index (χ4n) is 3.14. The summed E-state index contributed by atoms with van der Waals surface area (Å²) in [5.74, 6) is 0.519. The average Bonchev–Trinajstić information content (AvgIpc) is 2.95. The van der Waals surface area contributed by atoms with E-state index in [-0.39, 0.29) is 5.56 Å². The molecule has 142 valence electrons. The first kappa shape index (κ1) is 19.2. The molecular formula is C23H22N2O3. The van der Waals surface area contributed by atoms with Gasteiger partial charge in [0.2, 0.25) is 0 Å². The van der Waals surface area contributed by atoms with E-state index in [4.69, 9.17) is 4.74 Å². The molecule has 2 N–H and O–H groups in total. The SMILES string of the molecule is C=C(C1=C(NC)N=CC(c2cccc(C(=O)O)c2)=CC1)c1ccccc1OC. The number of nitrogens with zero attached hydrogens (tertiary/aromatic N) is 1. The molecule has 28 heavy (non-hydrogen) atoms. The van der Waals surface area contributed by atoms with Gasteiger partial charge in [0.1, 0.15) is 11.6 Å². The third-order valence-electron chi connectivity index (χ3n) is 4.62. The van der Waals surface area contributed by atoms with Crippen LogP contribution in [0.1, 0.15) is 27.9 Å². The van der Waals surface area contributed by atoms with Gasteiger partial charge in [0.05, 0.1) is 12.7 Å². The summed E-state index contributed by atoms with van der Waals surface area (Å²) >= 11 is 0. The summed E-state index contributed by atoms with van der Waals surface area (Å²) in [6.07, 6.45) is 4.37. The second-order valence-electron chi connectivity index (χ2n) is 6.26. The highest BCUT2D eigenvalue weighted by Crippen LogP contribution is 2.34. The fraction of sp³-hybridized carbons (Fsp3) is 0.130. The van der Waals surface area contributed by atoms with Gasteiger partial charge in [-0.3, -0.25) is 0 Å². The normalized spacial score (nSPS) is 13.6. The monoisotopic (exact) mass is 374 g/mol. The topological polar surface area (TPSA) is 70.9 Å². The minimum Gasteiger partial charge on any atom is -0.496 e. The van der Waals surface area contributed by atoms with Gasteiger partial charge in [-0.15, -0.1) is 0 Å². The molecule has 1 aliphatic heterocycles. The van der Waals surface area contributed by atoms with Crippen LogP contribution in [-0.2, 0) is 0 Å². The number of allylic oxidation sites excluding steroid dienone is 4. The number of hydrogen-bond donors (Lipinski definition) is 2. The number of hydrogen-bond acceptors (Lipinski definition) is 4. The van der Waals surface area contributed by atoms with Gasteiger partial charge in [0.25, 0.3) is 0 Å². The van der Waals surface area contributed by atoms with Crippen molar-refractivity contribution < 1.29 is 14.6 Å². The first-order valence-corrected chi connectivity index (χ1v) is 8.86. The van der Waals surface area contributed by atoms with Crippen LogP contribution in [0.2, 0.25) is 0 Å². The Bertz CT molecular complexity index is 1020. The lowest BCUT2D eigenvalue weighted by Gasteiger charge is -2.15. The van der Waals surface area contributed by atoms with Gasteiger partial charge < -0.3 is 15.2 Å². The van der Waals surface area contributed by atoms with Crippen molar-refractivity contribution in [3.8, 4) is 5.75 Å².